The van der Waals surface area contributed by atoms with Crippen molar-refractivity contribution < 1.29 is 0 Å². The Balaban J connectivity index is 1.66. The molecule has 106 valence electrons. The second-order valence-corrected chi connectivity index (χ2v) is 7.27. The van der Waals surface area contributed by atoms with Crippen LogP contribution in [0.5, 0.6) is 0 Å². The average Bonchev–Trinajstić information content (AvgIpc) is 2.91. The van der Waals surface area contributed by atoms with Gasteiger partial charge in [0.1, 0.15) is 0 Å². The van der Waals surface area contributed by atoms with Crippen molar-refractivity contribution in [3.8, 4) is 0 Å². The normalized spacial score (nSPS) is 45.4. The van der Waals surface area contributed by atoms with Crippen LogP contribution in [0, 0.1) is 11.8 Å². The molecule has 0 aromatic heterocycles. The molecule has 2 saturated heterocycles. The summed E-state index contributed by atoms with van der Waals surface area (Å²) in [5, 5.41) is 3.82. The highest BCUT2D eigenvalue weighted by Gasteiger charge is 2.56. The van der Waals surface area contributed by atoms with E-state index in [9.17, 15) is 0 Å². The zero-order chi connectivity index (χ0) is 13.2. The molecule has 2 bridgehead atoms. The second kappa shape index (κ2) is 4.06. The van der Waals surface area contributed by atoms with Crippen LogP contribution in [0.25, 0.3) is 0 Å². The van der Waals surface area contributed by atoms with E-state index in [-0.39, 0.29) is 0 Å². The number of hydrogen-bond acceptors (Lipinski definition) is 3. The first-order chi connectivity index (χ1) is 9.87. The molecule has 2 aliphatic carbocycles. The number of fused-ring (bicyclic) bond motifs is 2. The Morgan fingerprint density at radius 3 is 3.10 bits per heavy atom. The van der Waals surface area contributed by atoms with Gasteiger partial charge in [0.05, 0.1) is 0 Å². The van der Waals surface area contributed by atoms with Gasteiger partial charge in [0.15, 0.2) is 0 Å². The molecule has 3 fully saturated rings. The van der Waals surface area contributed by atoms with E-state index in [0.717, 1.165) is 18.4 Å². The molecule has 0 amide bonds. The summed E-state index contributed by atoms with van der Waals surface area (Å²) in [7, 11) is 0. The summed E-state index contributed by atoms with van der Waals surface area (Å²) in [6.07, 6.45) is 5.26. The maximum Gasteiger partial charge on any atom is 0.0262 e. The molecule has 4 aliphatic rings. The summed E-state index contributed by atoms with van der Waals surface area (Å²) >= 11 is 0. The van der Waals surface area contributed by atoms with Crippen LogP contribution < -0.4 is 16.2 Å². The molecule has 2 heterocycles. The molecule has 5 atom stereocenters. The van der Waals surface area contributed by atoms with Gasteiger partial charge in [0.25, 0.3) is 0 Å². The van der Waals surface area contributed by atoms with E-state index in [2.05, 4.69) is 40.4 Å². The van der Waals surface area contributed by atoms with Gasteiger partial charge in [-0.15, -0.1) is 0 Å². The van der Waals surface area contributed by atoms with Crippen molar-refractivity contribution in [3.05, 3.63) is 35.4 Å². The molecule has 5 rings (SSSR count). The van der Waals surface area contributed by atoms with Gasteiger partial charge in [-0.3, -0.25) is 10.9 Å². The summed E-state index contributed by atoms with van der Waals surface area (Å²) in [6.45, 7) is 2.35. The quantitative estimate of drug-likeness (QED) is 0.665. The first-order valence-corrected chi connectivity index (χ1v) is 8.17. The van der Waals surface area contributed by atoms with Crippen LogP contribution in [-0.4, -0.2) is 25.2 Å². The first-order valence-electron chi connectivity index (χ1n) is 8.17. The molecule has 3 heteroatoms. The fourth-order valence-corrected chi connectivity index (χ4v) is 5.68. The van der Waals surface area contributed by atoms with Gasteiger partial charge in [-0.05, 0) is 55.2 Å². The Bertz CT molecular complexity index is 543. The standard InChI is InChI=1S/C17H23N3/c1-2-4-13-11(3-1)8-15-14-7-12-10-19-20-16(12)9-17(13,14)5-6-18-15/h1-4,12,14-16,18-20H,5-10H2/t12?,14?,15-,16?,17-/m1/s1. The Hall–Kier alpha value is -0.900. The molecule has 0 radical (unpaired) electrons. The van der Waals surface area contributed by atoms with Gasteiger partial charge in [0.2, 0.25) is 0 Å². The van der Waals surface area contributed by atoms with E-state index in [1.807, 2.05) is 0 Å². The summed E-state index contributed by atoms with van der Waals surface area (Å²) in [6, 6.07) is 10.6. The molecule has 1 aromatic rings. The third-order valence-electron chi connectivity index (χ3n) is 6.53. The minimum absolute atomic E-state index is 0.435. The molecule has 3 N–H and O–H groups in total. The topological polar surface area (TPSA) is 36.1 Å². The van der Waals surface area contributed by atoms with E-state index < -0.39 is 0 Å². The van der Waals surface area contributed by atoms with Crippen LogP contribution in [0.2, 0.25) is 0 Å². The van der Waals surface area contributed by atoms with Crippen LogP contribution in [0.1, 0.15) is 30.4 Å². The van der Waals surface area contributed by atoms with E-state index in [1.165, 1.54) is 32.2 Å². The van der Waals surface area contributed by atoms with Crippen molar-refractivity contribution in [2.24, 2.45) is 11.8 Å². The van der Waals surface area contributed by atoms with Gasteiger partial charge in [0, 0.05) is 24.0 Å². The van der Waals surface area contributed by atoms with E-state index >= 15 is 0 Å². The second-order valence-electron chi connectivity index (χ2n) is 7.27. The Labute approximate surface area is 120 Å². The molecular formula is C17H23N3. The van der Waals surface area contributed by atoms with Gasteiger partial charge in [-0.2, -0.15) is 0 Å². The highest BCUT2D eigenvalue weighted by atomic mass is 15.4. The first kappa shape index (κ1) is 11.7. The zero-order valence-corrected chi connectivity index (χ0v) is 11.9. The lowest BCUT2D eigenvalue weighted by molar-refractivity contribution is 0.0464. The highest BCUT2D eigenvalue weighted by molar-refractivity contribution is 5.41. The number of benzene rings is 1. The minimum atomic E-state index is 0.435. The van der Waals surface area contributed by atoms with Crippen LogP contribution in [-0.2, 0) is 11.8 Å². The maximum absolute atomic E-state index is 3.82. The zero-order valence-electron chi connectivity index (χ0n) is 11.9. The average molecular weight is 269 g/mol. The van der Waals surface area contributed by atoms with Crippen LogP contribution >= 0.6 is 0 Å². The molecule has 0 spiro atoms. The lowest BCUT2D eigenvalue weighted by Crippen LogP contribution is -2.63. The SMILES string of the molecule is c1ccc2c(c1)C[C@H]1NCC[C@@]23CC2NNCC2CC13. The summed E-state index contributed by atoms with van der Waals surface area (Å²) < 4.78 is 0. The van der Waals surface area contributed by atoms with Gasteiger partial charge in [-0.25, -0.2) is 0 Å². The lowest BCUT2D eigenvalue weighted by atomic mass is 9.50. The smallest absolute Gasteiger partial charge is 0.0262 e. The van der Waals surface area contributed by atoms with E-state index in [1.54, 1.807) is 11.1 Å². The maximum atomic E-state index is 3.82. The Kier molecular flexibility index (Phi) is 2.38. The fourth-order valence-electron chi connectivity index (χ4n) is 5.68. The van der Waals surface area contributed by atoms with Crippen molar-refractivity contribution in [3.63, 3.8) is 0 Å². The predicted molar refractivity (Wildman–Crippen MR) is 79.4 cm³/mol. The van der Waals surface area contributed by atoms with Crippen molar-refractivity contribution in [1.29, 1.82) is 0 Å². The van der Waals surface area contributed by atoms with Gasteiger partial charge >= 0.3 is 0 Å². The van der Waals surface area contributed by atoms with E-state index in [0.29, 0.717) is 17.5 Å². The number of rotatable bonds is 0. The number of hydrogen-bond donors (Lipinski definition) is 3. The Morgan fingerprint density at radius 2 is 2.10 bits per heavy atom. The molecule has 1 aromatic carbocycles. The number of nitrogens with one attached hydrogen (secondary N) is 3. The minimum Gasteiger partial charge on any atom is -0.313 e. The molecule has 1 saturated carbocycles. The van der Waals surface area contributed by atoms with Gasteiger partial charge < -0.3 is 5.32 Å². The van der Waals surface area contributed by atoms with Crippen LogP contribution in [0.3, 0.4) is 0 Å². The van der Waals surface area contributed by atoms with E-state index in [4.69, 9.17) is 0 Å². The van der Waals surface area contributed by atoms with Gasteiger partial charge in [-0.1, -0.05) is 24.3 Å². The molecule has 3 nitrogen and oxygen atoms in total. The lowest BCUT2D eigenvalue weighted by Gasteiger charge is -2.58. The predicted octanol–water partition coefficient (Wildman–Crippen LogP) is 1.34. The fraction of sp³-hybridized carbons (Fsp3) is 0.647. The third kappa shape index (κ3) is 1.41. The van der Waals surface area contributed by atoms with Crippen molar-refractivity contribution >= 4 is 0 Å². The number of hydrazine groups is 1. The van der Waals surface area contributed by atoms with Crippen LogP contribution in [0.4, 0.5) is 0 Å². The van der Waals surface area contributed by atoms with Crippen molar-refractivity contribution in [2.45, 2.75) is 43.2 Å². The molecule has 2 aliphatic heterocycles. The highest BCUT2D eigenvalue weighted by Crippen LogP contribution is 2.55. The molecule has 3 unspecified atom stereocenters. The largest absolute Gasteiger partial charge is 0.313 e. The molecule has 20 heavy (non-hydrogen) atoms. The summed E-state index contributed by atoms with van der Waals surface area (Å²) in [4.78, 5) is 0. The Morgan fingerprint density at radius 1 is 1.15 bits per heavy atom. The van der Waals surface area contributed by atoms with Crippen molar-refractivity contribution in [1.82, 2.24) is 16.2 Å². The number of piperidine rings is 1. The van der Waals surface area contributed by atoms with Crippen LogP contribution in [0.15, 0.2) is 24.3 Å². The summed E-state index contributed by atoms with van der Waals surface area (Å²) in [5.74, 6) is 1.68. The third-order valence-corrected chi connectivity index (χ3v) is 6.53. The molecular weight excluding hydrogens is 246 g/mol. The monoisotopic (exact) mass is 269 g/mol. The summed E-state index contributed by atoms with van der Waals surface area (Å²) in [5.41, 5.74) is 10.7. The van der Waals surface area contributed by atoms with Crippen molar-refractivity contribution in [2.75, 3.05) is 13.1 Å².